The molecule has 0 aliphatic carbocycles. The Morgan fingerprint density at radius 3 is 2.72 bits per heavy atom. The maximum Gasteiger partial charge on any atom is 0.272 e. The number of aromatic nitrogens is 3. The van der Waals surface area contributed by atoms with Crippen LogP contribution in [-0.2, 0) is 11.2 Å². The number of fused-ring (bicyclic) bond motifs is 3. The molecule has 5 rings (SSSR count). The molecule has 7 heteroatoms. The van der Waals surface area contributed by atoms with Crippen molar-refractivity contribution >= 4 is 16.8 Å². The number of methoxy groups -OCH3 is 1. The average molecular weight is 392 g/mol. The van der Waals surface area contributed by atoms with Crippen molar-refractivity contribution in [2.45, 2.75) is 50.1 Å². The van der Waals surface area contributed by atoms with Gasteiger partial charge in [0.25, 0.3) is 5.91 Å². The second-order valence-corrected chi connectivity index (χ2v) is 7.95. The third-order valence-corrected chi connectivity index (χ3v) is 6.15. The number of rotatable bonds is 5. The number of pyridine rings is 1. The van der Waals surface area contributed by atoms with Crippen LogP contribution in [0.15, 0.2) is 40.9 Å². The molecule has 1 aromatic carbocycles. The van der Waals surface area contributed by atoms with E-state index in [4.69, 9.17) is 9.26 Å². The van der Waals surface area contributed by atoms with E-state index in [1.165, 1.54) is 0 Å². The minimum atomic E-state index is 0.0352. The lowest BCUT2D eigenvalue weighted by atomic mass is 9.90. The smallest absolute Gasteiger partial charge is 0.272 e. The van der Waals surface area contributed by atoms with E-state index in [0.29, 0.717) is 30.4 Å². The van der Waals surface area contributed by atoms with Crippen molar-refractivity contribution in [1.82, 2.24) is 20.0 Å². The summed E-state index contributed by atoms with van der Waals surface area (Å²) >= 11 is 0. The molecule has 0 N–H and O–H groups in total. The summed E-state index contributed by atoms with van der Waals surface area (Å²) in [5.41, 5.74) is 1.38. The van der Waals surface area contributed by atoms with Crippen LogP contribution in [0.2, 0.25) is 0 Å². The van der Waals surface area contributed by atoms with Gasteiger partial charge >= 0.3 is 0 Å². The van der Waals surface area contributed by atoms with E-state index in [9.17, 15) is 4.79 Å². The molecule has 2 saturated heterocycles. The van der Waals surface area contributed by atoms with E-state index < -0.39 is 0 Å². The number of hydrogen-bond acceptors (Lipinski definition) is 6. The highest BCUT2D eigenvalue weighted by molar-refractivity contribution is 5.95. The number of para-hydroxylation sites is 1. The number of carbonyl (C=O) groups is 1. The number of nitrogens with zero attached hydrogens (tertiary/aromatic N) is 4. The van der Waals surface area contributed by atoms with Crippen LogP contribution in [0.5, 0.6) is 0 Å². The fraction of sp³-hybridized carbons (Fsp3) is 0.455. The van der Waals surface area contributed by atoms with Gasteiger partial charge in [-0.1, -0.05) is 29.4 Å². The lowest BCUT2D eigenvalue weighted by molar-refractivity contribution is 0.0549. The van der Waals surface area contributed by atoms with Crippen LogP contribution in [-0.4, -0.2) is 51.7 Å². The van der Waals surface area contributed by atoms with Crippen molar-refractivity contribution in [3.8, 4) is 0 Å². The van der Waals surface area contributed by atoms with Gasteiger partial charge in [-0.15, -0.1) is 0 Å². The maximum absolute atomic E-state index is 13.3. The summed E-state index contributed by atoms with van der Waals surface area (Å²) in [4.78, 5) is 24.5. The number of ether oxygens (including phenoxy) is 1. The second-order valence-electron chi connectivity index (χ2n) is 7.95. The van der Waals surface area contributed by atoms with Crippen molar-refractivity contribution in [2.75, 3.05) is 13.7 Å². The Bertz CT molecular complexity index is 1020. The van der Waals surface area contributed by atoms with E-state index in [-0.39, 0.29) is 23.9 Å². The Morgan fingerprint density at radius 2 is 1.93 bits per heavy atom. The van der Waals surface area contributed by atoms with Crippen LogP contribution < -0.4 is 0 Å². The lowest BCUT2D eigenvalue weighted by Crippen LogP contribution is -2.46. The first-order valence-electron chi connectivity index (χ1n) is 10.2. The standard InChI is InChI=1S/C22H24N4O3/c1-28-11-10-20-24-21(29-25-20)15-12-16-7-8-17(13-15)26(16)22(27)19-9-6-14-4-2-3-5-18(14)23-19/h2-6,9,15-17H,7-8,10-13H2,1H3/t15?,16-,17+. The van der Waals surface area contributed by atoms with Crippen LogP contribution in [0.3, 0.4) is 0 Å². The number of carbonyl (C=O) groups excluding carboxylic acids is 1. The van der Waals surface area contributed by atoms with Crippen molar-refractivity contribution in [1.29, 1.82) is 0 Å². The highest BCUT2D eigenvalue weighted by atomic mass is 16.5. The Balaban J connectivity index is 1.33. The average Bonchev–Trinajstić information content (AvgIpc) is 3.33. The predicted octanol–water partition coefficient (Wildman–Crippen LogP) is 3.36. The van der Waals surface area contributed by atoms with Crippen molar-refractivity contribution in [3.05, 3.63) is 53.8 Å². The van der Waals surface area contributed by atoms with E-state index in [0.717, 1.165) is 36.6 Å². The van der Waals surface area contributed by atoms with Gasteiger partial charge in [-0.25, -0.2) is 4.98 Å². The molecule has 7 nitrogen and oxygen atoms in total. The Labute approximate surface area is 169 Å². The van der Waals surface area contributed by atoms with Gasteiger partial charge in [-0.2, -0.15) is 4.98 Å². The molecule has 0 saturated carbocycles. The summed E-state index contributed by atoms with van der Waals surface area (Å²) in [5, 5.41) is 5.12. The van der Waals surface area contributed by atoms with Gasteiger partial charge in [0.2, 0.25) is 5.89 Å². The molecule has 2 fully saturated rings. The predicted molar refractivity (Wildman–Crippen MR) is 107 cm³/mol. The van der Waals surface area contributed by atoms with E-state index >= 15 is 0 Å². The molecule has 0 radical (unpaired) electrons. The van der Waals surface area contributed by atoms with Gasteiger partial charge in [0, 0.05) is 36.9 Å². The number of amides is 1. The maximum atomic E-state index is 13.3. The highest BCUT2D eigenvalue weighted by Gasteiger charge is 2.45. The van der Waals surface area contributed by atoms with Gasteiger partial charge in [0.1, 0.15) is 5.69 Å². The van der Waals surface area contributed by atoms with Crippen LogP contribution >= 0.6 is 0 Å². The van der Waals surface area contributed by atoms with Crippen LogP contribution in [0.25, 0.3) is 10.9 Å². The number of benzene rings is 1. The third kappa shape index (κ3) is 3.40. The molecule has 0 spiro atoms. The molecular formula is C22H24N4O3. The molecular weight excluding hydrogens is 368 g/mol. The first-order chi connectivity index (χ1) is 14.2. The number of hydrogen-bond donors (Lipinski definition) is 0. The Hall–Kier alpha value is -2.80. The van der Waals surface area contributed by atoms with Crippen molar-refractivity contribution in [3.63, 3.8) is 0 Å². The van der Waals surface area contributed by atoms with Crippen LogP contribution in [0, 0.1) is 0 Å². The molecule has 1 unspecified atom stereocenters. The monoisotopic (exact) mass is 392 g/mol. The molecule has 2 aliphatic heterocycles. The zero-order valence-corrected chi connectivity index (χ0v) is 16.5. The molecule has 2 aliphatic rings. The molecule has 150 valence electrons. The Morgan fingerprint density at radius 1 is 1.14 bits per heavy atom. The molecule has 29 heavy (non-hydrogen) atoms. The first kappa shape index (κ1) is 18.2. The zero-order valence-electron chi connectivity index (χ0n) is 16.5. The summed E-state index contributed by atoms with van der Waals surface area (Å²) in [6.45, 7) is 0.579. The summed E-state index contributed by atoms with van der Waals surface area (Å²) < 4.78 is 10.6. The van der Waals surface area contributed by atoms with E-state index in [2.05, 4.69) is 20.0 Å². The summed E-state index contributed by atoms with van der Waals surface area (Å²) in [5.74, 6) is 1.63. The Kier molecular flexibility index (Phi) is 4.75. The third-order valence-electron chi connectivity index (χ3n) is 6.15. The minimum Gasteiger partial charge on any atom is -0.384 e. The van der Waals surface area contributed by atoms with Gasteiger partial charge in [-0.3, -0.25) is 4.79 Å². The molecule has 2 bridgehead atoms. The summed E-state index contributed by atoms with van der Waals surface area (Å²) in [6, 6.07) is 12.1. The highest BCUT2D eigenvalue weighted by Crippen LogP contribution is 2.43. The molecule has 3 aromatic rings. The second kappa shape index (κ2) is 7.55. The molecule has 1 amide bonds. The van der Waals surface area contributed by atoms with Gasteiger partial charge in [-0.05, 0) is 37.8 Å². The number of piperidine rings is 1. The zero-order chi connectivity index (χ0) is 19.8. The largest absolute Gasteiger partial charge is 0.384 e. The van der Waals surface area contributed by atoms with Crippen molar-refractivity contribution in [2.24, 2.45) is 0 Å². The topological polar surface area (TPSA) is 81.4 Å². The van der Waals surface area contributed by atoms with Gasteiger partial charge < -0.3 is 14.2 Å². The fourth-order valence-electron chi connectivity index (χ4n) is 4.76. The van der Waals surface area contributed by atoms with E-state index in [1.54, 1.807) is 7.11 Å². The molecule has 3 atom stereocenters. The quantitative estimate of drug-likeness (QED) is 0.662. The van der Waals surface area contributed by atoms with E-state index in [1.807, 2.05) is 36.4 Å². The lowest BCUT2D eigenvalue weighted by Gasteiger charge is -2.37. The SMILES string of the molecule is COCCc1noc(C2C[C@H]3CC[C@@H](C2)N3C(=O)c2ccc3ccccc3n2)n1. The molecule has 4 heterocycles. The van der Waals surface area contributed by atoms with Crippen LogP contribution in [0.1, 0.15) is 53.8 Å². The first-order valence-corrected chi connectivity index (χ1v) is 10.2. The van der Waals surface area contributed by atoms with Crippen molar-refractivity contribution < 1.29 is 14.1 Å². The summed E-state index contributed by atoms with van der Waals surface area (Å²) in [6.07, 6.45) is 4.41. The van der Waals surface area contributed by atoms with Gasteiger partial charge in [0.15, 0.2) is 5.82 Å². The van der Waals surface area contributed by atoms with Crippen LogP contribution in [0.4, 0.5) is 0 Å². The fourth-order valence-corrected chi connectivity index (χ4v) is 4.76. The minimum absolute atomic E-state index is 0.0352. The van der Waals surface area contributed by atoms with Gasteiger partial charge in [0.05, 0.1) is 12.1 Å². The molecule has 2 aromatic heterocycles. The summed E-state index contributed by atoms with van der Waals surface area (Å²) in [7, 11) is 1.66. The normalized spacial score (nSPS) is 23.6.